The normalized spacial score (nSPS) is 10.9. The first-order valence-electron chi connectivity index (χ1n) is 4.80. The maximum absolute atomic E-state index is 10.7. The van der Waals surface area contributed by atoms with Crippen LogP contribution in [0.15, 0.2) is 18.3 Å². The Balaban J connectivity index is 2.47. The third-order valence-electron chi connectivity index (χ3n) is 1.79. The number of aromatic nitrogens is 1. The summed E-state index contributed by atoms with van der Waals surface area (Å²) in [6.45, 7) is 1.56. The molecule has 0 saturated heterocycles. The van der Waals surface area contributed by atoms with E-state index in [9.17, 15) is 4.79 Å². The molecule has 0 radical (unpaired) electrons. The number of halogens is 1. The molecule has 0 amide bonds. The number of rotatable bonds is 4. The van der Waals surface area contributed by atoms with Gasteiger partial charge in [0, 0.05) is 24.4 Å². The summed E-state index contributed by atoms with van der Waals surface area (Å²) in [7, 11) is 0. The molecule has 5 heteroatoms. The minimum Gasteiger partial charge on any atom is -0.384 e. The van der Waals surface area contributed by atoms with E-state index in [1.165, 1.54) is 11.8 Å². The Morgan fingerprint density at radius 2 is 2.44 bits per heavy atom. The Bertz CT molecular complexity index is 407. The number of nitrogen functional groups attached to an aromatic ring is 1. The van der Waals surface area contributed by atoms with Crippen LogP contribution in [0, 0.1) is 0 Å². The molecule has 1 aromatic rings. The minimum atomic E-state index is 0.139. The van der Waals surface area contributed by atoms with Gasteiger partial charge in [0.15, 0.2) is 5.12 Å². The zero-order valence-electron chi connectivity index (χ0n) is 8.94. The maximum atomic E-state index is 10.7. The summed E-state index contributed by atoms with van der Waals surface area (Å²) in [4.78, 5) is 14.6. The fourth-order valence-electron chi connectivity index (χ4n) is 1.06. The van der Waals surface area contributed by atoms with Gasteiger partial charge in [-0.25, -0.2) is 4.98 Å². The minimum absolute atomic E-state index is 0.139. The van der Waals surface area contributed by atoms with E-state index >= 15 is 0 Å². The molecule has 0 aliphatic rings. The van der Waals surface area contributed by atoms with Crippen molar-refractivity contribution in [1.82, 2.24) is 4.98 Å². The highest BCUT2D eigenvalue weighted by Gasteiger charge is 1.97. The van der Waals surface area contributed by atoms with Crippen molar-refractivity contribution in [1.29, 1.82) is 0 Å². The highest BCUT2D eigenvalue weighted by atomic mass is 35.5. The molecule has 0 bridgehead atoms. The number of anilines is 1. The molecule has 1 aromatic heterocycles. The molecule has 0 aliphatic heterocycles. The van der Waals surface area contributed by atoms with Crippen LogP contribution < -0.4 is 5.73 Å². The summed E-state index contributed by atoms with van der Waals surface area (Å²) < 4.78 is 0. The van der Waals surface area contributed by atoms with Crippen molar-refractivity contribution >= 4 is 40.4 Å². The number of nitrogens with zero attached hydrogens (tertiary/aromatic N) is 1. The molecule has 1 heterocycles. The van der Waals surface area contributed by atoms with Gasteiger partial charge >= 0.3 is 0 Å². The van der Waals surface area contributed by atoms with Gasteiger partial charge in [0.2, 0.25) is 0 Å². The number of allylic oxidation sites excluding steroid dienone is 1. The molecule has 3 nitrogen and oxygen atoms in total. The summed E-state index contributed by atoms with van der Waals surface area (Å²) in [5, 5.41) is 0.726. The van der Waals surface area contributed by atoms with Crippen molar-refractivity contribution in [3.63, 3.8) is 0 Å². The van der Waals surface area contributed by atoms with Crippen molar-refractivity contribution in [3.8, 4) is 0 Å². The maximum Gasteiger partial charge on any atom is 0.185 e. The van der Waals surface area contributed by atoms with E-state index < -0.39 is 0 Å². The van der Waals surface area contributed by atoms with Crippen LogP contribution in [-0.4, -0.2) is 15.9 Å². The van der Waals surface area contributed by atoms with Crippen LogP contribution in [0.4, 0.5) is 5.82 Å². The number of thioether (sulfide) groups is 1. The molecule has 86 valence electrons. The average molecular weight is 257 g/mol. The van der Waals surface area contributed by atoms with Crippen LogP contribution in [0.25, 0.3) is 6.08 Å². The van der Waals surface area contributed by atoms with Crippen molar-refractivity contribution in [2.45, 2.75) is 13.3 Å². The second-order valence-electron chi connectivity index (χ2n) is 3.16. The second-order valence-corrected chi connectivity index (χ2v) is 4.84. The third-order valence-corrected chi connectivity index (χ3v) is 2.96. The largest absolute Gasteiger partial charge is 0.384 e. The van der Waals surface area contributed by atoms with Gasteiger partial charge in [-0.3, -0.25) is 4.79 Å². The van der Waals surface area contributed by atoms with Gasteiger partial charge in [0.05, 0.1) is 5.02 Å². The van der Waals surface area contributed by atoms with Gasteiger partial charge in [-0.1, -0.05) is 35.5 Å². The van der Waals surface area contributed by atoms with E-state index in [4.69, 9.17) is 17.3 Å². The number of pyridine rings is 1. The Labute approximate surface area is 104 Å². The van der Waals surface area contributed by atoms with Crippen molar-refractivity contribution < 1.29 is 4.79 Å². The first-order chi connectivity index (χ1) is 7.59. The van der Waals surface area contributed by atoms with E-state index in [2.05, 4.69) is 4.98 Å². The molecule has 0 atom stereocenters. The standard InChI is InChI=1S/C11H13ClN2OS/c1-8(15)16-5-3-2-4-9-7-14-11(13)6-10(9)12/h2,4,6-7H,3,5H2,1H3,(H2,13,14). The highest BCUT2D eigenvalue weighted by molar-refractivity contribution is 8.13. The van der Waals surface area contributed by atoms with Crippen LogP contribution in [0.5, 0.6) is 0 Å². The quantitative estimate of drug-likeness (QED) is 0.842. The highest BCUT2D eigenvalue weighted by Crippen LogP contribution is 2.18. The van der Waals surface area contributed by atoms with E-state index in [1.54, 1.807) is 19.2 Å². The van der Waals surface area contributed by atoms with Crippen LogP contribution >= 0.6 is 23.4 Å². The molecular weight excluding hydrogens is 244 g/mol. The predicted octanol–water partition coefficient (Wildman–Crippen LogP) is 3.00. The van der Waals surface area contributed by atoms with Gasteiger partial charge in [-0.2, -0.15) is 0 Å². The molecule has 0 fully saturated rings. The molecule has 0 saturated carbocycles. The molecular formula is C11H13ClN2OS. The fraction of sp³-hybridized carbons (Fsp3) is 0.273. The summed E-state index contributed by atoms with van der Waals surface area (Å²) in [5.41, 5.74) is 6.31. The lowest BCUT2D eigenvalue weighted by Crippen LogP contribution is -1.90. The zero-order chi connectivity index (χ0) is 12.0. The topological polar surface area (TPSA) is 56.0 Å². The summed E-state index contributed by atoms with van der Waals surface area (Å²) in [6, 6.07) is 1.62. The number of nitrogens with two attached hydrogens (primary N) is 1. The first kappa shape index (κ1) is 13.1. The van der Waals surface area contributed by atoms with Crippen LogP contribution in [0.2, 0.25) is 5.02 Å². The van der Waals surface area contributed by atoms with Crippen molar-refractivity contribution in [3.05, 3.63) is 28.9 Å². The summed E-state index contributed by atoms with van der Waals surface area (Å²) in [5.74, 6) is 1.19. The van der Waals surface area contributed by atoms with Gasteiger partial charge < -0.3 is 5.73 Å². The van der Waals surface area contributed by atoms with Gasteiger partial charge in [-0.15, -0.1) is 0 Å². The fourth-order valence-corrected chi connectivity index (χ4v) is 1.82. The Kier molecular flexibility index (Phi) is 5.35. The first-order valence-corrected chi connectivity index (χ1v) is 6.17. The molecule has 0 aromatic carbocycles. The number of hydrogen-bond acceptors (Lipinski definition) is 4. The molecule has 16 heavy (non-hydrogen) atoms. The summed E-state index contributed by atoms with van der Waals surface area (Å²) in [6.07, 6.45) is 6.31. The monoisotopic (exact) mass is 256 g/mol. The zero-order valence-corrected chi connectivity index (χ0v) is 10.5. The molecule has 0 unspecified atom stereocenters. The van der Waals surface area contributed by atoms with E-state index in [-0.39, 0.29) is 5.12 Å². The van der Waals surface area contributed by atoms with Crippen LogP contribution in [0.1, 0.15) is 18.9 Å². The van der Waals surface area contributed by atoms with Crippen molar-refractivity contribution in [2.75, 3.05) is 11.5 Å². The molecule has 0 spiro atoms. The number of carbonyl (C=O) groups is 1. The lowest BCUT2D eigenvalue weighted by Gasteiger charge is -1.98. The Hall–Kier alpha value is -1.00. The number of carbonyl (C=O) groups excluding carboxylic acids is 1. The van der Waals surface area contributed by atoms with Gasteiger partial charge in [0.25, 0.3) is 0 Å². The smallest absolute Gasteiger partial charge is 0.185 e. The number of hydrogen-bond donors (Lipinski definition) is 1. The molecule has 1 rings (SSSR count). The predicted molar refractivity (Wildman–Crippen MR) is 70.4 cm³/mol. The van der Waals surface area contributed by atoms with E-state index in [0.717, 1.165) is 17.7 Å². The summed E-state index contributed by atoms with van der Waals surface area (Å²) >= 11 is 7.28. The Morgan fingerprint density at radius 1 is 1.69 bits per heavy atom. The van der Waals surface area contributed by atoms with Crippen molar-refractivity contribution in [2.24, 2.45) is 0 Å². The lowest BCUT2D eigenvalue weighted by molar-refractivity contribution is -0.109. The second kappa shape index (κ2) is 6.55. The molecule has 2 N–H and O–H groups in total. The Morgan fingerprint density at radius 3 is 3.06 bits per heavy atom. The average Bonchev–Trinajstić information content (AvgIpc) is 2.20. The molecule has 0 aliphatic carbocycles. The van der Waals surface area contributed by atoms with Crippen LogP contribution in [0.3, 0.4) is 0 Å². The van der Waals surface area contributed by atoms with Gasteiger partial charge in [0.1, 0.15) is 5.82 Å². The van der Waals surface area contributed by atoms with Crippen LogP contribution in [-0.2, 0) is 4.79 Å². The SMILES string of the molecule is CC(=O)SCCC=Cc1cnc(N)cc1Cl. The lowest BCUT2D eigenvalue weighted by atomic mass is 10.2. The third kappa shape index (κ3) is 4.68. The van der Waals surface area contributed by atoms with E-state index in [0.29, 0.717) is 10.8 Å². The van der Waals surface area contributed by atoms with E-state index in [1.807, 2.05) is 12.2 Å². The van der Waals surface area contributed by atoms with Gasteiger partial charge in [-0.05, 0) is 12.5 Å².